The number of nitrogens with zero attached hydrogens (tertiary/aromatic N) is 1. The van der Waals surface area contributed by atoms with E-state index in [1.54, 1.807) is 41.8 Å². The second-order valence-electron chi connectivity index (χ2n) is 9.17. The Labute approximate surface area is 208 Å². The van der Waals surface area contributed by atoms with E-state index in [1.807, 2.05) is 25.1 Å². The predicted octanol–water partition coefficient (Wildman–Crippen LogP) is 4.28. The van der Waals surface area contributed by atoms with Gasteiger partial charge in [-0.25, -0.2) is 17.5 Å². The number of amides is 1. The molecule has 36 heavy (non-hydrogen) atoms. The van der Waals surface area contributed by atoms with Gasteiger partial charge >= 0.3 is 0 Å². The number of H-pyrrole nitrogens is 1. The number of aromatic nitrogens is 2. The molecule has 2 aromatic heterocycles. The molecule has 1 aliphatic carbocycles. The minimum atomic E-state index is -3.87. The van der Waals surface area contributed by atoms with Crippen molar-refractivity contribution < 1.29 is 17.6 Å². The van der Waals surface area contributed by atoms with Crippen LogP contribution >= 0.6 is 0 Å². The third kappa shape index (κ3) is 4.35. The SMILES string of the molecule is CCc1ccc2c(c1)c(-c1ccc(C)[nH]c1=O)c(C(=O)NS(=O)(=O)C1CC1)n2Cc1ccccc1F. The highest BCUT2D eigenvalue weighted by molar-refractivity contribution is 7.91. The molecule has 186 valence electrons. The van der Waals surface area contributed by atoms with Gasteiger partial charge in [0.1, 0.15) is 11.5 Å². The van der Waals surface area contributed by atoms with E-state index in [1.165, 1.54) is 6.07 Å². The summed E-state index contributed by atoms with van der Waals surface area (Å²) in [5.74, 6) is -1.29. The van der Waals surface area contributed by atoms with E-state index >= 15 is 0 Å². The molecular formula is C27H26FN3O4S. The monoisotopic (exact) mass is 507 g/mol. The number of hydrogen-bond acceptors (Lipinski definition) is 4. The normalized spacial score (nSPS) is 13.8. The van der Waals surface area contributed by atoms with E-state index < -0.39 is 32.6 Å². The van der Waals surface area contributed by atoms with Crippen LogP contribution < -0.4 is 10.3 Å². The van der Waals surface area contributed by atoms with Gasteiger partial charge in [-0.3, -0.25) is 9.59 Å². The number of carbonyl (C=O) groups excluding carboxylic acids is 1. The molecule has 1 saturated carbocycles. The molecule has 0 unspecified atom stereocenters. The number of sulfonamides is 1. The number of halogens is 1. The summed E-state index contributed by atoms with van der Waals surface area (Å²) in [5.41, 5.74) is 2.71. The fraction of sp³-hybridized carbons (Fsp3) is 0.259. The standard InChI is InChI=1S/C27H26FN3O4S/c1-3-17-9-13-23-21(14-17)24(20-12-8-16(2)29-26(20)32)25(27(33)30-36(34,35)19-10-11-19)31(23)15-18-6-4-5-7-22(18)28/h4-9,12-14,19H,3,10-11,15H2,1-2H3,(H,29,32)(H,30,33). The lowest BCUT2D eigenvalue weighted by molar-refractivity contribution is 0.0974. The van der Waals surface area contributed by atoms with Crippen LogP contribution in [0.25, 0.3) is 22.0 Å². The Morgan fingerprint density at radius 3 is 2.56 bits per heavy atom. The summed E-state index contributed by atoms with van der Waals surface area (Å²) >= 11 is 0. The molecule has 1 amide bonds. The highest BCUT2D eigenvalue weighted by atomic mass is 32.2. The molecule has 7 nitrogen and oxygen atoms in total. The maximum Gasteiger partial charge on any atom is 0.282 e. The lowest BCUT2D eigenvalue weighted by Crippen LogP contribution is -2.35. The number of aryl methyl sites for hydroxylation is 2. The maximum absolute atomic E-state index is 14.7. The van der Waals surface area contributed by atoms with Gasteiger partial charge in [0, 0.05) is 33.3 Å². The maximum atomic E-state index is 14.7. The molecule has 0 aliphatic heterocycles. The molecule has 1 aliphatic rings. The number of hydrogen-bond donors (Lipinski definition) is 2. The van der Waals surface area contributed by atoms with E-state index in [-0.39, 0.29) is 17.8 Å². The van der Waals surface area contributed by atoms with Crippen molar-refractivity contribution in [3.8, 4) is 11.1 Å². The zero-order valence-corrected chi connectivity index (χ0v) is 20.8. The molecule has 0 spiro atoms. The first-order valence-corrected chi connectivity index (χ1v) is 13.4. The first-order valence-electron chi connectivity index (χ1n) is 11.8. The summed E-state index contributed by atoms with van der Waals surface area (Å²) in [4.78, 5) is 29.5. The predicted molar refractivity (Wildman–Crippen MR) is 137 cm³/mol. The first-order chi connectivity index (χ1) is 17.2. The highest BCUT2D eigenvalue weighted by Gasteiger charge is 2.38. The highest BCUT2D eigenvalue weighted by Crippen LogP contribution is 2.36. The van der Waals surface area contributed by atoms with Crippen molar-refractivity contribution in [2.75, 3.05) is 0 Å². The summed E-state index contributed by atoms with van der Waals surface area (Å²) < 4.78 is 43.9. The molecule has 4 aromatic rings. The zero-order chi connectivity index (χ0) is 25.6. The van der Waals surface area contributed by atoms with Crippen molar-refractivity contribution in [3.63, 3.8) is 0 Å². The van der Waals surface area contributed by atoms with Gasteiger partial charge in [-0.2, -0.15) is 0 Å². The average Bonchev–Trinajstić information content (AvgIpc) is 3.65. The molecular weight excluding hydrogens is 481 g/mol. The number of fused-ring (bicyclic) bond motifs is 1. The van der Waals surface area contributed by atoms with E-state index in [4.69, 9.17) is 0 Å². The quantitative estimate of drug-likeness (QED) is 0.390. The van der Waals surface area contributed by atoms with Crippen LogP contribution in [-0.4, -0.2) is 29.1 Å². The van der Waals surface area contributed by atoms with Gasteiger partial charge in [-0.05, 0) is 62.1 Å². The van der Waals surface area contributed by atoms with Gasteiger partial charge in [-0.1, -0.05) is 31.2 Å². The molecule has 0 bridgehead atoms. The minimum absolute atomic E-state index is 0.0000779. The lowest BCUT2D eigenvalue weighted by Gasteiger charge is -2.13. The summed E-state index contributed by atoms with van der Waals surface area (Å²) in [6.07, 6.45) is 1.70. The third-order valence-corrected chi connectivity index (χ3v) is 8.38. The number of nitrogens with one attached hydrogen (secondary N) is 2. The van der Waals surface area contributed by atoms with Crippen LogP contribution in [0.5, 0.6) is 0 Å². The minimum Gasteiger partial charge on any atom is -0.331 e. The van der Waals surface area contributed by atoms with Crippen molar-refractivity contribution in [3.05, 3.63) is 93.3 Å². The molecule has 1 fully saturated rings. The van der Waals surface area contributed by atoms with Gasteiger partial charge in [0.2, 0.25) is 10.0 Å². The van der Waals surface area contributed by atoms with E-state index in [9.17, 15) is 22.4 Å². The number of pyridine rings is 1. The van der Waals surface area contributed by atoms with Crippen LogP contribution in [0.15, 0.2) is 59.4 Å². The largest absolute Gasteiger partial charge is 0.331 e. The topological polar surface area (TPSA) is 101 Å². The van der Waals surface area contributed by atoms with Gasteiger partial charge in [-0.15, -0.1) is 0 Å². The fourth-order valence-electron chi connectivity index (χ4n) is 4.50. The van der Waals surface area contributed by atoms with Crippen LogP contribution in [-0.2, 0) is 23.0 Å². The van der Waals surface area contributed by atoms with Crippen molar-refractivity contribution >= 4 is 26.8 Å². The molecule has 9 heteroatoms. The average molecular weight is 508 g/mol. The van der Waals surface area contributed by atoms with E-state index in [2.05, 4.69) is 9.71 Å². The van der Waals surface area contributed by atoms with Gasteiger partial charge in [0.15, 0.2) is 0 Å². The van der Waals surface area contributed by atoms with E-state index in [0.717, 1.165) is 12.0 Å². The summed E-state index contributed by atoms with van der Waals surface area (Å²) in [7, 11) is -3.87. The Hall–Kier alpha value is -3.72. The van der Waals surface area contributed by atoms with Crippen LogP contribution in [0.3, 0.4) is 0 Å². The summed E-state index contributed by atoms with van der Waals surface area (Å²) in [5, 5.41) is 0.0118. The molecule has 2 N–H and O–H groups in total. The van der Waals surface area contributed by atoms with Crippen LogP contribution in [0.4, 0.5) is 4.39 Å². The fourth-order valence-corrected chi connectivity index (χ4v) is 5.78. The van der Waals surface area contributed by atoms with Gasteiger partial charge in [0.25, 0.3) is 11.5 Å². The zero-order valence-electron chi connectivity index (χ0n) is 20.0. The Balaban J connectivity index is 1.82. The molecule has 2 heterocycles. The van der Waals surface area contributed by atoms with Crippen molar-refractivity contribution in [2.45, 2.75) is 44.9 Å². The van der Waals surface area contributed by atoms with Gasteiger partial charge in [0.05, 0.1) is 11.8 Å². The molecule has 0 atom stereocenters. The third-order valence-electron chi connectivity index (χ3n) is 6.56. The molecule has 0 radical (unpaired) electrons. The van der Waals surface area contributed by atoms with Crippen molar-refractivity contribution in [2.24, 2.45) is 0 Å². The molecule has 2 aromatic carbocycles. The van der Waals surface area contributed by atoms with Crippen LogP contribution in [0.2, 0.25) is 0 Å². The van der Waals surface area contributed by atoms with E-state index in [0.29, 0.717) is 40.6 Å². The van der Waals surface area contributed by atoms with Crippen molar-refractivity contribution in [1.82, 2.24) is 14.3 Å². The van der Waals surface area contributed by atoms with Crippen molar-refractivity contribution in [1.29, 1.82) is 0 Å². The second-order valence-corrected chi connectivity index (χ2v) is 11.1. The number of benzene rings is 2. The molecule has 5 rings (SSSR count). The summed E-state index contributed by atoms with van der Waals surface area (Å²) in [6, 6.07) is 15.2. The Bertz CT molecular complexity index is 1670. The lowest BCUT2D eigenvalue weighted by atomic mass is 10.0. The first kappa shape index (κ1) is 24.0. The van der Waals surface area contributed by atoms with Gasteiger partial charge < -0.3 is 9.55 Å². The Morgan fingerprint density at radius 1 is 1.14 bits per heavy atom. The number of aromatic amines is 1. The molecule has 0 saturated heterocycles. The van der Waals surface area contributed by atoms with Crippen LogP contribution in [0, 0.1) is 12.7 Å². The van der Waals surface area contributed by atoms with Crippen LogP contribution in [0.1, 0.15) is 47.1 Å². The Morgan fingerprint density at radius 2 is 1.89 bits per heavy atom. The second kappa shape index (κ2) is 9.05. The Kier molecular flexibility index (Phi) is 6.04. The smallest absolute Gasteiger partial charge is 0.282 e. The summed E-state index contributed by atoms with van der Waals surface area (Å²) in [6.45, 7) is 3.72. The number of rotatable bonds is 7. The number of carbonyl (C=O) groups is 1.